The van der Waals surface area contributed by atoms with Gasteiger partial charge in [0, 0.05) is 21.5 Å². The molecule has 0 aliphatic rings. The molecule has 3 nitrogen and oxygen atoms in total. The number of thioether (sulfide) groups is 1. The van der Waals surface area contributed by atoms with Crippen molar-refractivity contribution in [1.82, 2.24) is 14.8 Å². The van der Waals surface area contributed by atoms with Crippen LogP contribution in [0.2, 0.25) is 5.02 Å². The first-order chi connectivity index (χ1) is 14.8. The largest absolute Gasteiger partial charge is 0.270 e. The summed E-state index contributed by atoms with van der Waals surface area (Å²) in [6, 6.07) is 26.9. The lowest BCUT2D eigenvalue weighted by atomic mass is 9.87. The quantitative estimate of drug-likeness (QED) is 0.293. The maximum Gasteiger partial charge on any atom is 0.196 e. The highest BCUT2D eigenvalue weighted by Gasteiger charge is 2.20. The van der Waals surface area contributed by atoms with E-state index < -0.39 is 0 Å². The van der Waals surface area contributed by atoms with E-state index in [-0.39, 0.29) is 10.7 Å². The molecule has 158 valence electrons. The Bertz CT molecular complexity index is 1140. The van der Waals surface area contributed by atoms with Crippen LogP contribution in [0.5, 0.6) is 0 Å². The molecule has 0 aliphatic heterocycles. The molecule has 3 aromatic carbocycles. The monoisotopic (exact) mass is 447 g/mol. The van der Waals surface area contributed by atoms with Crippen LogP contribution in [0.1, 0.15) is 44.1 Å². The summed E-state index contributed by atoms with van der Waals surface area (Å²) < 4.78 is 2.12. The molecule has 1 aromatic heterocycles. The van der Waals surface area contributed by atoms with Crippen LogP contribution in [0.25, 0.3) is 17.1 Å². The third-order valence-electron chi connectivity index (χ3n) is 5.28. The van der Waals surface area contributed by atoms with E-state index in [1.807, 2.05) is 30.3 Å². The van der Waals surface area contributed by atoms with Crippen LogP contribution in [-0.4, -0.2) is 14.8 Å². The van der Waals surface area contributed by atoms with Crippen LogP contribution in [0.3, 0.4) is 0 Å². The van der Waals surface area contributed by atoms with E-state index in [9.17, 15) is 0 Å². The van der Waals surface area contributed by atoms with Crippen LogP contribution in [0, 0.1) is 0 Å². The Morgan fingerprint density at radius 2 is 1.48 bits per heavy atom. The molecule has 0 bridgehead atoms. The average molecular weight is 448 g/mol. The first-order valence-corrected chi connectivity index (χ1v) is 11.6. The van der Waals surface area contributed by atoms with Crippen molar-refractivity contribution in [3.63, 3.8) is 0 Å². The van der Waals surface area contributed by atoms with Gasteiger partial charge in [-0.2, -0.15) is 0 Å². The highest BCUT2D eigenvalue weighted by molar-refractivity contribution is 7.99. The zero-order valence-corrected chi connectivity index (χ0v) is 19.8. The number of benzene rings is 3. The fourth-order valence-corrected chi connectivity index (χ4v) is 4.55. The number of aromatic nitrogens is 3. The number of rotatable bonds is 5. The lowest BCUT2D eigenvalue weighted by Gasteiger charge is -2.19. The van der Waals surface area contributed by atoms with Crippen LogP contribution >= 0.6 is 23.4 Å². The molecule has 5 heteroatoms. The fraction of sp³-hybridized carbons (Fsp3) is 0.231. The predicted octanol–water partition coefficient (Wildman–Crippen LogP) is 7.74. The molecule has 0 N–H and O–H groups in total. The summed E-state index contributed by atoms with van der Waals surface area (Å²) in [7, 11) is 0. The van der Waals surface area contributed by atoms with Crippen LogP contribution in [0.15, 0.2) is 84.0 Å². The van der Waals surface area contributed by atoms with Crippen molar-refractivity contribution in [2.24, 2.45) is 0 Å². The van der Waals surface area contributed by atoms with E-state index in [1.54, 1.807) is 11.8 Å². The molecule has 31 heavy (non-hydrogen) atoms. The minimum absolute atomic E-state index is 0.106. The Hall–Kier alpha value is -2.56. The van der Waals surface area contributed by atoms with Gasteiger partial charge in [0.2, 0.25) is 0 Å². The van der Waals surface area contributed by atoms with Crippen LogP contribution in [0.4, 0.5) is 0 Å². The third kappa shape index (κ3) is 4.86. The third-order valence-corrected chi connectivity index (χ3v) is 6.63. The zero-order chi connectivity index (χ0) is 22.0. The Morgan fingerprint density at radius 3 is 2.10 bits per heavy atom. The Morgan fingerprint density at radius 1 is 0.839 bits per heavy atom. The maximum absolute atomic E-state index is 6.15. The first kappa shape index (κ1) is 21.7. The second-order valence-corrected chi connectivity index (χ2v) is 10.4. The second kappa shape index (κ2) is 8.89. The van der Waals surface area contributed by atoms with Gasteiger partial charge in [0.15, 0.2) is 11.0 Å². The van der Waals surface area contributed by atoms with E-state index in [1.165, 1.54) is 11.1 Å². The summed E-state index contributed by atoms with van der Waals surface area (Å²) in [6.45, 7) is 8.85. The lowest BCUT2D eigenvalue weighted by molar-refractivity contribution is 0.590. The molecule has 0 radical (unpaired) electrons. The van der Waals surface area contributed by atoms with E-state index in [2.05, 4.69) is 91.0 Å². The molecule has 0 saturated heterocycles. The van der Waals surface area contributed by atoms with Gasteiger partial charge in [0.05, 0.1) is 0 Å². The molecule has 4 rings (SSSR count). The molecule has 0 fully saturated rings. The van der Waals surface area contributed by atoms with Crippen LogP contribution < -0.4 is 0 Å². The lowest BCUT2D eigenvalue weighted by Crippen LogP contribution is -2.10. The van der Waals surface area contributed by atoms with E-state index in [4.69, 9.17) is 11.6 Å². The van der Waals surface area contributed by atoms with Crippen LogP contribution in [-0.2, 0) is 5.41 Å². The van der Waals surface area contributed by atoms with Gasteiger partial charge in [-0.05, 0) is 47.7 Å². The van der Waals surface area contributed by atoms with Gasteiger partial charge in [-0.1, -0.05) is 98.7 Å². The molecule has 0 unspecified atom stereocenters. The van der Waals surface area contributed by atoms with Gasteiger partial charge in [-0.15, -0.1) is 10.2 Å². The average Bonchev–Trinajstić information content (AvgIpc) is 3.18. The van der Waals surface area contributed by atoms with Crippen molar-refractivity contribution < 1.29 is 0 Å². The number of hydrogen-bond donors (Lipinski definition) is 0. The minimum Gasteiger partial charge on any atom is -0.270 e. The number of nitrogens with zero attached hydrogens (tertiary/aromatic N) is 3. The molecule has 4 aromatic rings. The predicted molar refractivity (Wildman–Crippen MR) is 131 cm³/mol. The van der Waals surface area contributed by atoms with Crippen molar-refractivity contribution in [2.45, 2.75) is 43.5 Å². The molecular weight excluding hydrogens is 422 g/mol. The minimum atomic E-state index is 0.106. The zero-order valence-electron chi connectivity index (χ0n) is 18.2. The Kier molecular flexibility index (Phi) is 6.22. The summed E-state index contributed by atoms with van der Waals surface area (Å²) in [6.07, 6.45) is 0. The molecule has 0 aliphatic carbocycles. The van der Waals surface area contributed by atoms with Crippen molar-refractivity contribution in [2.75, 3.05) is 0 Å². The van der Waals surface area contributed by atoms with E-state index >= 15 is 0 Å². The van der Waals surface area contributed by atoms with E-state index in [0.29, 0.717) is 5.02 Å². The maximum atomic E-state index is 6.15. The van der Waals surface area contributed by atoms with Gasteiger partial charge in [-0.25, -0.2) is 0 Å². The fourth-order valence-electron chi connectivity index (χ4n) is 3.43. The summed E-state index contributed by atoms with van der Waals surface area (Å²) in [5.41, 5.74) is 4.69. The summed E-state index contributed by atoms with van der Waals surface area (Å²) >= 11 is 7.85. The van der Waals surface area contributed by atoms with Crippen molar-refractivity contribution in [3.05, 3.63) is 95.0 Å². The normalized spacial score (nSPS) is 12.7. The SMILES string of the molecule is C[C@H](Sc1nnc(-c2ccc(C(C)(C)C)cc2)n1-c1ccc(Cl)cc1)c1ccccc1. The van der Waals surface area contributed by atoms with Gasteiger partial charge in [0.25, 0.3) is 0 Å². The van der Waals surface area contributed by atoms with Crippen molar-refractivity contribution in [1.29, 1.82) is 0 Å². The molecular formula is C26H26ClN3S. The molecule has 0 amide bonds. The smallest absolute Gasteiger partial charge is 0.196 e. The second-order valence-electron chi connectivity index (χ2n) is 8.62. The first-order valence-electron chi connectivity index (χ1n) is 10.4. The van der Waals surface area contributed by atoms with Crippen molar-refractivity contribution in [3.8, 4) is 17.1 Å². The Labute approximate surface area is 193 Å². The molecule has 1 atom stereocenters. The van der Waals surface area contributed by atoms with Gasteiger partial charge < -0.3 is 0 Å². The molecule has 0 saturated carbocycles. The van der Waals surface area contributed by atoms with E-state index in [0.717, 1.165) is 22.2 Å². The van der Waals surface area contributed by atoms with Gasteiger partial charge >= 0.3 is 0 Å². The summed E-state index contributed by atoms with van der Waals surface area (Å²) in [5, 5.41) is 11.0. The summed E-state index contributed by atoms with van der Waals surface area (Å²) in [4.78, 5) is 0. The Balaban J connectivity index is 1.76. The highest BCUT2D eigenvalue weighted by Crippen LogP contribution is 2.37. The molecule has 0 spiro atoms. The molecule has 1 heterocycles. The standard InChI is InChI=1S/C26H26ClN3S/c1-18(19-8-6-5-7-9-19)31-25-29-28-24(30(25)23-16-14-22(27)15-17-23)20-10-12-21(13-11-20)26(2,3)4/h5-18H,1-4H3/t18-/m0/s1. The summed E-state index contributed by atoms with van der Waals surface area (Å²) in [5.74, 6) is 0.825. The van der Waals surface area contributed by atoms with Gasteiger partial charge in [-0.3, -0.25) is 4.57 Å². The number of hydrogen-bond acceptors (Lipinski definition) is 3. The van der Waals surface area contributed by atoms with Gasteiger partial charge in [0.1, 0.15) is 0 Å². The highest BCUT2D eigenvalue weighted by atomic mass is 35.5. The number of halogens is 1. The van der Waals surface area contributed by atoms with Crippen molar-refractivity contribution >= 4 is 23.4 Å². The topological polar surface area (TPSA) is 30.7 Å².